The fourth-order valence-corrected chi connectivity index (χ4v) is 1.62. The van der Waals surface area contributed by atoms with Crippen LogP contribution in [0.25, 0.3) is 5.57 Å². The number of anilines is 1. The topological polar surface area (TPSA) is 26.0 Å². The first-order valence-electron chi connectivity index (χ1n) is 5.00. The normalized spacial score (nSPS) is 20.6. The molecule has 2 N–H and O–H groups in total. The van der Waals surface area contributed by atoms with E-state index in [4.69, 9.17) is 5.73 Å². The van der Waals surface area contributed by atoms with E-state index in [1.165, 1.54) is 11.1 Å². The van der Waals surface area contributed by atoms with Gasteiger partial charge in [-0.05, 0) is 35.6 Å². The summed E-state index contributed by atoms with van der Waals surface area (Å²) in [5.74, 6) is 0.674. The van der Waals surface area contributed by atoms with E-state index in [2.05, 4.69) is 37.3 Å². The van der Waals surface area contributed by atoms with Gasteiger partial charge in [0.15, 0.2) is 0 Å². The minimum absolute atomic E-state index is 0.674. The van der Waals surface area contributed by atoms with E-state index in [1.54, 1.807) is 0 Å². The highest BCUT2D eigenvalue weighted by molar-refractivity contribution is 5.75. The molecule has 0 saturated carbocycles. The van der Waals surface area contributed by atoms with Gasteiger partial charge in [-0.1, -0.05) is 37.3 Å². The van der Waals surface area contributed by atoms with Crippen molar-refractivity contribution in [1.29, 1.82) is 0 Å². The molecule has 2 rings (SSSR count). The van der Waals surface area contributed by atoms with Gasteiger partial charge in [-0.15, -0.1) is 0 Å². The zero-order valence-electron chi connectivity index (χ0n) is 8.40. The molecule has 1 atom stereocenters. The molecule has 0 amide bonds. The van der Waals surface area contributed by atoms with Gasteiger partial charge in [0.25, 0.3) is 0 Å². The molecule has 72 valence electrons. The van der Waals surface area contributed by atoms with Gasteiger partial charge in [0, 0.05) is 5.69 Å². The summed E-state index contributed by atoms with van der Waals surface area (Å²) in [6.45, 7) is 2.23. The van der Waals surface area contributed by atoms with Gasteiger partial charge in [-0.2, -0.15) is 0 Å². The highest BCUT2D eigenvalue weighted by Crippen LogP contribution is 2.24. The lowest BCUT2D eigenvalue weighted by Gasteiger charge is -2.11. The second-order valence-electron chi connectivity index (χ2n) is 3.85. The number of nitrogens with two attached hydrogens (primary N) is 1. The average molecular weight is 185 g/mol. The third-order valence-electron chi connectivity index (χ3n) is 2.56. The van der Waals surface area contributed by atoms with Gasteiger partial charge in [-0.25, -0.2) is 0 Å². The van der Waals surface area contributed by atoms with E-state index < -0.39 is 0 Å². The van der Waals surface area contributed by atoms with Crippen molar-refractivity contribution in [3.05, 3.63) is 48.1 Å². The van der Waals surface area contributed by atoms with Gasteiger partial charge in [0.05, 0.1) is 0 Å². The fourth-order valence-electron chi connectivity index (χ4n) is 1.62. The summed E-state index contributed by atoms with van der Waals surface area (Å²) < 4.78 is 0. The van der Waals surface area contributed by atoms with E-state index in [0.29, 0.717) is 5.92 Å². The summed E-state index contributed by atoms with van der Waals surface area (Å²) in [6, 6.07) is 8.03. The Morgan fingerprint density at radius 2 is 1.93 bits per heavy atom. The molecule has 14 heavy (non-hydrogen) atoms. The van der Waals surface area contributed by atoms with Crippen molar-refractivity contribution in [2.24, 2.45) is 5.92 Å². The molecule has 1 aromatic rings. The maximum Gasteiger partial charge on any atom is 0.0314 e. The second kappa shape index (κ2) is 3.70. The quantitative estimate of drug-likeness (QED) is 0.668. The Morgan fingerprint density at radius 3 is 2.50 bits per heavy atom. The number of hydrogen-bond acceptors (Lipinski definition) is 1. The molecule has 0 aromatic heterocycles. The zero-order chi connectivity index (χ0) is 9.97. The molecule has 1 aliphatic rings. The van der Waals surface area contributed by atoms with E-state index in [-0.39, 0.29) is 0 Å². The molecular weight excluding hydrogens is 170 g/mol. The predicted octanol–water partition coefficient (Wildman–Crippen LogP) is 3.25. The standard InChI is InChI=1S/C13H15N/c1-10-2-4-11(5-3-10)12-6-8-13(14)9-7-12/h2,4-10H,3,14H2,1H3/t10-/m1/s1. The molecule has 0 spiro atoms. The van der Waals surface area contributed by atoms with Crippen molar-refractivity contribution in [2.45, 2.75) is 13.3 Å². The number of benzene rings is 1. The van der Waals surface area contributed by atoms with Gasteiger partial charge in [0.2, 0.25) is 0 Å². The predicted molar refractivity (Wildman–Crippen MR) is 61.8 cm³/mol. The summed E-state index contributed by atoms with van der Waals surface area (Å²) in [5, 5.41) is 0. The monoisotopic (exact) mass is 185 g/mol. The lowest BCUT2D eigenvalue weighted by Crippen LogP contribution is -1.94. The molecule has 0 saturated heterocycles. The van der Waals surface area contributed by atoms with Gasteiger partial charge >= 0.3 is 0 Å². The Balaban J connectivity index is 2.24. The van der Waals surface area contributed by atoms with Crippen molar-refractivity contribution in [3.8, 4) is 0 Å². The Labute approximate surface area is 84.9 Å². The third kappa shape index (κ3) is 1.87. The molecule has 1 aromatic carbocycles. The van der Waals surface area contributed by atoms with Gasteiger partial charge in [0.1, 0.15) is 0 Å². The highest BCUT2D eigenvalue weighted by atomic mass is 14.5. The summed E-state index contributed by atoms with van der Waals surface area (Å²) in [6.07, 6.45) is 7.87. The SMILES string of the molecule is C[C@@H]1C=CC(c2ccc(N)cc2)=CC1. The minimum Gasteiger partial charge on any atom is -0.399 e. The first kappa shape index (κ1) is 9.07. The first-order chi connectivity index (χ1) is 6.75. The molecule has 0 radical (unpaired) electrons. The molecule has 1 heteroatoms. The van der Waals surface area contributed by atoms with E-state index in [1.807, 2.05) is 12.1 Å². The van der Waals surface area contributed by atoms with Crippen LogP contribution in [-0.4, -0.2) is 0 Å². The number of allylic oxidation sites excluding steroid dienone is 4. The molecule has 1 nitrogen and oxygen atoms in total. The van der Waals surface area contributed by atoms with Crippen LogP contribution in [0.5, 0.6) is 0 Å². The van der Waals surface area contributed by atoms with Crippen LogP contribution in [0.3, 0.4) is 0 Å². The van der Waals surface area contributed by atoms with Crippen molar-refractivity contribution in [2.75, 3.05) is 5.73 Å². The van der Waals surface area contributed by atoms with Crippen molar-refractivity contribution in [3.63, 3.8) is 0 Å². The fraction of sp³-hybridized carbons (Fsp3) is 0.231. The summed E-state index contributed by atoms with van der Waals surface area (Å²) in [5.41, 5.74) is 9.02. The van der Waals surface area contributed by atoms with Crippen LogP contribution >= 0.6 is 0 Å². The van der Waals surface area contributed by atoms with Crippen molar-refractivity contribution < 1.29 is 0 Å². The van der Waals surface area contributed by atoms with Crippen LogP contribution in [0.2, 0.25) is 0 Å². The minimum atomic E-state index is 0.674. The Kier molecular flexibility index (Phi) is 2.40. The van der Waals surface area contributed by atoms with Crippen LogP contribution in [-0.2, 0) is 0 Å². The number of nitrogen functional groups attached to an aromatic ring is 1. The van der Waals surface area contributed by atoms with Gasteiger partial charge in [-0.3, -0.25) is 0 Å². The molecule has 0 aliphatic heterocycles. The van der Waals surface area contributed by atoms with Crippen molar-refractivity contribution >= 4 is 11.3 Å². The van der Waals surface area contributed by atoms with Crippen molar-refractivity contribution in [1.82, 2.24) is 0 Å². The molecule has 0 heterocycles. The van der Waals surface area contributed by atoms with Crippen LogP contribution in [0, 0.1) is 5.92 Å². The molecule has 0 fully saturated rings. The van der Waals surface area contributed by atoms with Crippen LogP contribution in [0.1, 0.15) is 18.9 Å². The lowest BCUT2D eigenvalue weighted by atomic mass is 9.94. The Bertz CT molecular complexity index is 371. The van der Waals surface area contributed by atoms with Crippen LogP contribution in [0.4, 0.5) is 5.69 Å². The molecule has 0 bridgehead atoms. The summed E-state index contributed by atoms with van der Waals surface area (Å²) >= 11 is 0. The van der Waals surface area contributed by atoms with Gasteiger partial charge < -0.3 is 5.73 Å². The third-order valence-corrected chi connectivity index (χ3v) is 2.56. The highest BCUT2D eigenvalue weighted by Gasteiger charge is 2.04. The van der Waals surface area contributed by atoms with E-state index >= 15 is 0 Å². The van der Waals surface area contributed by atoms with E-state index in [0.717, 1.165) is 12.1 Å². The maximum absolute atomic E-state index is 5.64. The summed E-state index contributed by atoms with van der Waals surface area (Å²) in [7, 11) is 0. The Morgan fingerprint density at radius 1 is 1.21 bits per heavy atom. The largest absolute Gasteiger partial charge is 0.399 e. The second-order valence-corrected chi connectivity index (χ2v) is 3.85. The lowest BCUT2D eigenvalue weighted by molar-refractivity contribution is 0.739. The summed E-state index contributed by atoms with van der Waals surface area (Å²) in [4.78, 5) is 0. The first-order valence-corrected chi connectivity index (χ1v) is 5.00. The smallest absolute Gasteiger partial charge is 0.0314 e. The average Bonchev–Trinajstić information content (AvgIpc) is 2.21. The zero-order valence-corrected chi connectivity index (χ0v) is 8.40. The Hall–Kier alpha value is -1.50. The molecule has 0 unspecified atom stereocenters. The van der Waals surface area contributed by atoms with E-state index in [9.17, 15) is 0 Å². The maximum atomic E-state index is 5.64. The molecular formula is C13H15N. The molecule has 1 aliphatic carbocycles. The number of rotatable bonds is 1. The van der Waals surface area contributed by atoms with Crippen LogP contribution in [0.15, 0.2) is 42.5 Å². The van der Waals surface area contributed by atoms with Crippen LogP contribution < -0.4 is 5.73 Å². The number of hydrogen-bond donors (Lipinski definition) is 1.